The molecule has 0 saturated carbocycles. The summed E-state index contributed by atoms with van der Waals surface area (Å²) in [5, 5.41) is 11.0. The fourth-order valence-corrected chi connectivity index (χ4v) is 5.39. The average Bonchev–Trinajstić information content (AvgIpc) is 3.04. The van der Waals surface area contributed by atoms with E-state index in [1.165, 1.54) is 83.5 Å². The van der Waals surface area contributed by atoms with E-state index in [2.05, 4.69) is 55.6 Å². The number of carboxylic acids is 1. The van der Waals surface area contributed by atoms with Crippen molar-refractivity contribution in [2.24, 2.45) is 0 Å². The molecule has 0 saturated heterocycles. The number of esters is 1. The molecule has 1 atom stereocenters. The Bertz CT molecular complexity index is 803. The number of hydrogen-bond acceptors (Lipinski definition) is 4. The summed E-state index contributed by atoms with van der Waals surface area (Å²) in [7, 11) is 0. The van der Waals surface area contributed by atoms with Gasteiger partial charge in [0.05, 0.1) is 0 Å². The molecule has 0 radical (unpaired) electrons. The molecule has 0 aliphatic heterocycles. The SMILES string of the molecule is CCCCC/C=C\C/C=C\CCCCCCCC(=O)OC(/C=C\CCCCCCCC)CCCCCCCCC(=O)NCC(=O)O. The zero-order chi connectivity index (χ0) is 33.8. The van der Waals surface area contributed by atoms with Gasteiger partial charge in [-0.2, -0.15) is 0 Å². The molecule has 0 aromatic carbocycles. The Morgan fingerprint density at radius 1 is 0.587 bits per heavy atom. The molecule has 0 bridgehead atoms. The maximum atomic E-state index is 12.6. The monoisotopic (exact) mass is 646 g/mol. The summed E-state index contributed by atoms with van der Waals surface area (Å²) in [5.41, 5.74) is 0. The Hall–Kier alpha value is -2.37. The van der Waals surface area contributed by atoms with Crippen LogP contribution < -0.4 is 5.32 Å². The summed E-state index contributed by atoms with van der Waals surface area (Å²) in [6.45, 7) is 4.17. The van der Waals surface area contributed by atoms with Crippen LogP contribution in [0.25, 0.3) is 0 Å². The Morgan fingerprint density at radius 3 is 1.67 bits per heavy atom. The van der Waals surface area contributed by atoms with Crippen LogP contribution in [-0.4, -0.2) is 35.6 Å². The highest BCUT2D eigenvalue weighted by Gasteiger charge is 2.11. The van der Waals surface area contributed by atoms with E-state index < -0.39 is 5.97 Å². The fraction of sp³-hybridized carbons (Fsp3) is 0.775. The minimum atomic E-state index is -1.02. The van der Waals surface area contributed by atoms with E-state index in [4.69, 9.17) is 9.84 Å². The molecule has 0 aromatic rings. The van der Waals surface area contributed by atoms with Gasteiger partial charge in [0.25, 0.3) is 0 Å². The van der Waals surface area contributed by atoms with Crippen LogP contribution in [0.4, 0.5) is 0 Å². The molecule has 1 unspecified atom stereocenters. The largest absolute Gasteiger partial charge is 0.480 e. The van der Waals surface area contributed by atoms with Gasteiger partial charge in [-0.1, -0.05) is 134 Å². The van der Waals surface area contributed by atoms with Crippen molar-refractivity contribution in [3.63, 3.8) is 0 Å². The second kappa shape index (κ2) is 35.5. The molecule has 46 heavy (non-hydrogen) atoms. The third-order valence-electron chi connectivity index (χ3n) is 8.27. The van der Waals surface area contributed by atoms with Crippen molar-refractivity contribution in [1.82, 2.24) is 5.32 Å². The Kier molecular flexibility index (Phi) is 33.7. The van der Waals surface area contributed by atoms with Crippen molar-refractivity contribution < 1.29 is 24.2 Å². The minimum Gasteiger partial charge on any atom is -0.480 e. The van der Waals surface area contributed by atoms with Crippen molar-refractivity contribution in [3.8, 4) is 0 Å². The zero-order valence-corrected chi connectivity index (χ0v) is 29.9. The van der Waals surface area contributed by atoms with Gasteiger partial charge in [-0.15, -0.1) is 0 Å². The number of carbonyl (C=O) groups is 3. The molecular formula is C40H71NO5. The van der Waals surface area contributed by atoms with Gasteiger partial charge in [-0.05, 0) is 76.7 Å². The lowest BCUT2D eigenvalue weighted by Crippen LogP contribution is -2.28. The molecule has 0 heterocycles. The van der Waals surface area contributed by atoms with Gasteiger partial charge in [-0.3, -0.25) is 14.4 Å². The highest BCUT2D eigenvalue weighted by Crippen LogP contribution is 2.15. The van der Waals surface area contributed by atoms with Crippen LogP contribution in [0.1, 0.15) is 187 Å². The smallest absolute Gasteiger partial charge is 0.322 e. The molecule has 6 heteroatoms. The quantitative estimate of drug-likeness (QED) is 0.0412. The Morgan fingerprint density at radius 2 is 1.07 bits per heavy atom. The zero-order valence-electron chi connectivity index (χ0n) is 29.9. The van der Waals surface area contributed by atoms with E-state index in [1.54, 1.807) is 0 Å². The molecule has 0 aliphatic carbocycles. The van der Waals surface area contributed by atoms with Gasteiger partial charge in [0.15, 0.2) is 0 Å². The van der Waals surface area contributed by atoms with Crippen molar-refractivity contribution in [1.29, 1.82) is 0 Å². The van der Waals surface area contributed by atoms with Gasteiger partial charge in [0, 0.05) is 12.8 Å². The van der Waals surface area contributed by atoms with Crippen LogP contribution in [0, 0.1) is 0 Å². The lowest BCUT2D eigenvalue weighted by atomic mass is 10.0. The highest BCUT2D eigenvalue weighted by atomic mass is 16.5. The molecule has 0 spiro atoms. The van der Waals surface area contributed by atoms with Crippen molar-refractivity contribution in [2.45, 2.75) is 193 Å². The first-order valence-electron chi connectivity index (χ1n) is 19.1. The molecule has 0 rings (SSSR count). The van der Waals surface area contributed by atoms with Gasteiger partial charge >= 0.3 is 11.9 Å². The number of carbonyl (C=O) groups excluding carboxylic acids is 2. The van der Waals surface area contributed by atoms with Gasteiger partial charge in [0.1, 0.15) is 12.6 Å². The number of allylic oxidation sites excluding steroid dienone is 5. The molecule has 0 aromatic heterocycles. The first-order chi connectivity index (χ1) is 22.5. The number of hydrogen-bond donors (Lipinski definition) is 2. The maximum Gasteiger partial charge on any atom is 0.322 e. The fourth-order valence-electron chi connectivity index (χ4n) is 5.39. The van der Waals surface area contributed by atoms with Crippen molar-refractivity contribution in [2.75, 3.05) is 6.54 Å². The number of nitrogens with one attached hydrogen (secondary N) is 1. The topological polar surface area (TPSA) is 92.7 Å². The van der Waals surface area contributed by atoms with E-state index in [0.717, 1.165) is 77.0 Å². The summed E-state index contributed by atoms with van der Waals surface area (Å²) in [4.78, 5) is 34.8. The molecule has 6 nitrogen and oxygen atoms in total. The first-order valence-corrected chi connectivity index (χ1v) is 19.1. The molecule has 0 fully saturated rings. The van der Waals surface area contributed by atoms with E-state index in [-0.39, 0.29) is 24.5 Å². The number of ether oxygens (including phenoxy) is 1. The van der Waals surface area contributed by atoms with Crippen LogP contribution in [-0.2, 0) is 19.1 Å². The number of unbranched alkanes of at least 4 members (excludes halogenated alkanes) is 19. The molecule has 2 N–H and O–H groups in total. The van der Waals surface area contributed by atoms with Gasteiger partial charge in [0.2, 0.25) is 5.91 Å². The lowest BCUT2D eigenvalue weighted by molar-refractivity contribution is -0.147. The normalized spacial score (nSPS) is 12.4. The summed E-state index contributed by atoms with van der Waals surface area (Å²) in [6, 6.07) is 0. The first kappa shape index (κ1) is 43.6. The lowest BCUT2D eigenvalue weighted by Gasteiger charge is -2.15. The van der Waals surface area contributed by atoms with E-state index in [0.29, 0.717) is 12.8 Å². The number of amides is 1. The highest BCUT2D eigenvalue weighted by molar-refractivity contribution is 5.80. The second-order valence-electron chi connectivity index (χ2n) is 12.8. The molecule has 0 aliphatic rings. The van der Waals surface area contributed by atoms with Gasteiger partial charge < -0.3 is 15.2 Å². The van der Waals surface area contributed by atoms with Gasteiger partial charge in [-0.25, -0.2) is 0 Å². The second-order valence-corrected chi connectivity index (χ2v) is 12.8. The minimum absolute atomic E-state index is 0.0685. The van der Waals surface area contributed by atoms with E-state index >= 15 is 0 Å². The van der Waals surface area contributed by atoms with Crippen LogP contribution >= 0.6 is 0 Å². The predicted octanol–water partition coefficient (Wildman–Crippen LogP) is 11.3. The summed E-state index contributed by atoms with van der Waals surface area (Å²) in [6.07, 6.45) is 42.7. The summed E-state index contributed by atoms with van der Waals surface area (Å²) < 4.78 is 5.91. The standard InChI is InChI=1S/C40H71NO5/c1-3-5-7-9-11-13-14-15-16-17-18-19-21-27-31-35-40(45)46-37(32-28-24-20-12-10-8-6-4-2)33-29-25-22-23-26-30-34-38(42)41-36-39(43)44/h11,13,15-16,28,32,37H,3-10,12,14,17-27,29-31,33-36H2,1-2H3,(H,41,42)(H,43,44)/b13-11-,16-15-,32-28-. The van der Waals surface area contributed by atoms with Crippen LogP contribution in [0.15, 0.2) is 36.5 Å². The Labute approximate surface area is 283 Å². The molecule has 1 amide bonds. The third-order valence-corrected chi connectivity index (χ3v) is 8.27. The average molecular weight is 646 g/mol. The maximum absolute atomic E-state index is 12.6. The summed E-state index contributed by atoms with van der Waals surface area (Å²) in [5.74, 6) is -1.28. The van der Waals surface area contributed by atoms with Crippen LogP contribution in [0.2, 0.25) is 0 Å². The van der Waals surface area contributed by atoms with E-state index in [1.807, 2.05) is 0 Å². The number of rotatable bonds is 34. The predicted molar refractivity (Wildman–Crippen MR) is 194 cm³/mol. The van der Waals surface area contributed by atoms with Crippen LogP contribution in [0.5, 0.6) is 0 Å². The number of carboxylic acid groups (broad SMARTS) is 1. The summed E-state index contributed by atoms with van der Waals surface area (Å²) >= 11 is 0. The van der Waals surface area contributed by atoms with E-state index in [9.17, 15) is 14.4 Å². The van der Waals surface area contributed by atoms with Crippen LogP contribution in [0.3, 0.4) is 0 Å². The Balaban J connectivity index is 4.17. The molecule has 266 valence electrons. The molecular weight excluding hydrogens is 574 g/mol. The van der Waals surface area contributed by atoms with Crippen molar-refractivity contribution >= 4 is 17.8 Å². The number of aliphatic carboxylic acids is 1. The third kappa shape index (κ3) is 34.5. The van der Waals surface area contributed by atoms with Crippen molar-refractivity contribution in [3.05, 3.63) is 36.5 Å².